The van der Waals surface area contributed by atoms with E-state index in [9.17, 15) is 9.90 Å². The fourth-order valence-electron chi connectivity index (χ4n) is 2.57. The lowest BCUT2D eigenvalue weighted by atomic mass is 10.2. The molecule has 1 heterocycles. The number of nitrogens with zero attached hydrogens (tertiary/aromatic N) is 2. The van der Waals surface area contributed by atoms with Gasteiger partial charge >= 0.3 is 0 Å². The van der Waals surface area contributed by atoms with Crippen molar-refractivity contribution in [1.29, 1.82) is 0 Å². The third-order valence-corrected chi connectivity index (χ3v) is 6.11. The Kier molecular flexibility index (Phi) is 5.97. The molecule has 1 saturated heterocycles. The van der Waals surface area contributed by atoms with Crippen LogP contribution in [-0.4, -0.2) is 36.5 Å². The molecule has 1 N–H and O–H groups in total. The molecule has 0 bridgehead atoms. The Hall–Kier alpha value is -1.78. The molecule has 2 aromatic rings. The van der Waals surface area contributed by atoms with Crippen LogP contribution < -0.4 is 14.5 Å². The van der Waals surface area contributed by atoms with E-state index >= 15 is 0 Å². The summed E-state index contributed by atoms with van der Waals surface area (Å²) in [5.74, 6) is 0.288. The molecule has 8 heteroatoms. The van der Waals surface area contributed by atoms with Gasteiger partial charge in [0.25, 0.3) is 5.91 Å². The number of hydrogen-bond acceptors (Lipinski definition) is 6. The first-order valence-corrected chi connectivity index (χ1v) is 10.2. The summed E-state index contributed by atoms with van der Waals surface area (Å²) in [6.07, 6.45) is 1.76. The number of phenolic OH excluding ortho intramolecular Hbond substituents is 1. The molecule has 1 aliphatic rings. The molecule has 0 aromatic heterocycles. The highest BCUT2D eigenvalue weighted by atomic mass is 127. The van der Waals surface area contributed by atoms with Crippen LogP contribution in [0.2, 0.25) is 0 Å². The summed E-state index contributed by atoms with van der Waals surface area (Å²) >= 11 is 8.71. The summed E-state index contributed by atoms with van der Waals surface area (Å²) in [5.41, 5.74) is 2.55. The van der Waals surface area contributed by atoms with E-state index in [1.165, 1.54) is 23.8 Å². The van der Waals surface area contributed by atoms with Gasteiger partial charge in [0.15, 0.2) is 15.8 Å². The lowest BCUT2D eigenvalue weighted by Gasteiger charge is -2.17. The van der Waals surface area contributed by atoms with Gasteiger partial charge in [-0.15, -0.1) is 0 Å². The van der Waals surface area contributed by atoms with Gasteiger partial charge in [-0.1, -0.05) is 24.0 Å². The molecule has 1 aliphatic heterocycles. The average Bonchev–Trinajstić information content (AvgIpc) is 2.91. The topological polar surface area (TPSA) is 53.0 Å². The maximum atomic E-state index is 12.9. The van der Waals surface area contributed by atoms with Crippen LogP contribution >= 0.6 is 46.6 Å². The smallest absolute Gasteiger partial charge is 0.270 e. The Balaban J connectivity index is 1.92. The van der Waals surface area contributed by atoms with Crippen molar-refractivity contribution >= 4 is 74.2 Å². The van der Waals surface area contributed by atoms with Crippen LogP contribution in [0.25, 0.3) is 6.08 Å². The van der Waals surface area contributed by atoms with Gasteiger partial charge in [0.1, 0.15) is 0 Å². The second-order valence-electron chi connectivity index (χ2n) is 5.98. The minimum Gasteiger partial charge on any atom is -0.504 e. The molecule has 0 radical (unpaired) electrons. The van der Waals surface area contributed by atoms with Gasteiger partial charge in [0.05, 0.1) is 21.3 Å². The number of hydrogen-bond donors (Lipinski definition) is 1. The summed E-state index contributed by atoms with van der Waals surface area (Å²) in [7, 11) is 5.42. The van der Waals surface area contributed by atoms with Crippen LogP contribution in [0.3, 0.4) is 0 Å². The van der Waals surface area contributed by atoms with E-state index in [0.717, 1.165) is 16.9 Å². The Morgan fingerprint density at radius 1 is 1.26 bits per heavy atom. The Morgan fingerprint density at radius 3 is 2.52 bits per heavy atom. The summed E-state index contributed by atoms with van der Waals surface area (Å²) in [6.45, 7) is 0. The van der Waals surface area contributed by atoms with Gasteiger partial charge in [-0.2, -0.15) is 0 Å². The van der Waals surface area contributed by atoms with Crippen molar-refractivity contribution in [3.63, 3.8) is 0 Å². The van der Waals surface area contributed by atoms with Crippen LogP contribution in [0.1, 0.15) is 5.56 Å². The zero-order valence-electron chi connectivity index (χ0n) is 14.9. The lowest BCUT2D eigenvalue weighted by Crippen LogP contribution is -2.27. The summed E-state index contributed by atoms with van der Waals surface area (Å²) in [6, 6.07) is 11.1. The SMILES string of the molecule is COc1cc(/C=C2/SC(=S)N(c3ccc(N(C)C)cc3)C2=O)cc(I)c1O. The van der Waals surface area contributed by atoms with Crippen molar-refractivity contribution in [3.05, 3.63) is 50.4 Å². The van der Waals surface area contributed by atoms with E-state index < -0.39 is 0 Å². The number of thiocarbonyl (C=S) groups is 1. The molecule has 140 valence electrons. The first kappa shape index (κ1) is 20.0. The summed E-state index contributed by atoms with van der Waals surface area (Å²) in [5, 5.41) is 9.97. The van der Waals surface area contributed by atoms with E-state index in [2.05, 4.69) is 0 Å². The van der Waals surface area contributed by atoms with Gasteiger partial charge in [0.2, 0.25) is 0 Å². The summed E-state index contributed by atoms with van der Waals surface area (Å²) < 4.78 is 6.32. The first-order valence-electron chi connectivity index (χ1n) is 7.93. The lowest BCUT2D eigenvalue weighted by molar-refractivity contribution is -0.113. The quantitative estimate of drug-likeness (QED) is 0.371. The number of halogens is 1. The third kappa shape index (κ3) is 4.07. The van der Waals surface area contributed by atoms with Crippen molar-refractivity contribution in [2.24, 2.45) is 0 Å². The van der Waals surface area contributed by atoms with Crippen LogP contribution in [0.15, 0.2) is 41.3 Å². The number of thioether (sulfide) groups is 1. The molecule has 1 fully saturated rings. The van der Waals surface area contributed by atoms with Gasteiger partial charge in [-0.3, -0.25) is 9.69 Å². The molecule has 5 nitrogen and oxygen atoms in total. The predicted octanol–water partition coefficient (Wildman–Crippen LogP) is 4.48. The van der Waals surface area contributed by atoms with Gasteiger partial charge in [-0.05, 0) is 70.6 Å². The molecular formula is C19H17IN2O3S2. The molecule has 0 aliphatic carbocycles. The van der Waals surface area contributed by atoms with Crippen LogP contribution in [-0.2, 0) is 4.79 Å². The Bertz CT molecular complexity index is 943. The van der Waals surface area contributed by atoms with E-state index in [0.29, 0.717) is 18.5 Å². The van der Waals surface area contributed by atoms with E-state index in [1.807, 2.05) is 65.9 Å². The second-order valence-corrected chi connectivity index (χ2v) is 8.82. The van der Waals surface area contributed by atoms with Gasteiger partial charge in [0, 0.05) is 19.8 Å². The number of aromatic hydroxyl groups is 1. The van der Waals surface area contributed by atoms with Crippen molar-refractivity contribution in [3.8, 4) is 11.5 Å². The molecule has 2 aromatic carbocycles. The number of anilines is 2. The molecule has 0 saturated carbocycles. The fourth-order valence-corrected chi connectivity index (χ4v) is 4.50. The predicted molar refractivity (Wildman–Crippen MR) is 124 cm³/mol. The maximum absolute atomic E-state index is 12.9. The highest BCUT2D eigenvalue weighted by Crippen LogP contribution is 2.38. The fraction of sp³-hybridized carbons (Fsp3) is 0.158. The minimum absolute atomic E-state index is 0.0868. The summed E-state index contributed by atoms with van der Waals surface area (Å²) in [4.78, 5) is 17.0. The standard InChI is InChI=1S/C19H17IN2O3S2/c1-21(2)12-4-6-13(7-5-12)22-18(24)16(27-19(22)26)10-11-8-14(20)17(23)15(9-11)25-3/h4-10,23H,1-3H3/b16-10+. The Labute approximate surface area is 181 Å². The second kappa shape index (κ2) is 8.07. The van der Waals surface area contributed by atoms with Gasteiger partial charge < -0.3 is 14.7 Å². The monoisotopic (exact) mass is 512 g/mol. The number of benzene rings is 2. The largest absolute Gasteiger partial charge is 0.504 e. The zero-order chi connectivity index (χ0) is 19.7. The molecule has 0 unspecified atom stereocenters. The first-order chi connectivity index (χ1) is 12.8. The maximum Gasteiger partial charge on any atom is 0.270 e. The number of methoxy groups -OCH3 is 1. The number of ether oxygens (including phenoxy) is 1. The normalized spacial score (nSPS) is 15.6. The van der Waals surface area contributed by atoms with E-state index in [1.54, 1.807) is 18.2 Å². The van der Waals surface area contributed by atoms with Crippen LogP contribution in [0.4, 0.5) is 11.4 Å². The van der Waals surface area contributed by atoms with Crippen molar-refractivity contribution in [2.75, 3.05) is 31.0 Å². The average molecular weight is 512 g/mol. The van der Waals surface area contributed by atoms with E-state index in [4.69, 9.17) is 17.0 Å². The van der Waals surface area contributed by atoms with E-state index in [-0.39, 0.29) is 11.7 Å². The molecule has 1 amide bonds. The van der Waals surface area contributed by atoms with Crippen LogP contribution in [0.5, 0.6) is 11.5 Å². The number of carbonyl (C=O) groups excluding carboxylic acids is 1. The highest BCUT2D eigenvalue weighted by molar-refractivity contribution is 14.1. The number of carbonyl (C=O) groups is 1. The Morgan fingerprint density at radius 2 is 1.93 bits per heavy atom. The number of phenols is 1. The van der Waals surface area contributed by atoms with Crippen molar-refractivity contribution in [1.82, 2.24) is 0 Å². The molecular weight excluding hydrogens is 495 g/mol. The van der Waals surface area contributed by atoms with Gasteiger partial charge in [-0.25, -0.2) is 0 Å². The molecule has 3 rings (SSSR count). The molecule has 0 atom stereocenters. The minimum atomic E-state index is -0.162. The number of rotatable bonds is 4. The zero-order valence-corrected chi connectivity index (χ0v) is 18.7. The van der Waals surface area contributed by atoms with Crippen molar-refractivity contribution < 1.29 is 14.6 Å². The highest BCUT2D eigenvalue weighted by Gasteiger charge is 2.33. The molecule has 27 heavy (non-hydrogen) atoms. The number of amides is 1. The molecule has 0 spiro atoms. The third-order valence-electron chi connectivity index (χ3n) is 3.99. The van der Waals surface area contributed by atoms with Crippen LogP contribution in [0, 0.1) is 3.57 Å². The van der Waals surface area contributed by atoms with Crippen molar-refractivity contribution in [2.45, 2.75) is 0 Å².